The van der Waals surface area contributed by atoms with Crippen molar-refractivity contribution in [2.45, 2.75) is 51.1 Å². The fourth-order valence-electron chi connectivity index (χ4n) is 4.22. The average Bonchev–Trinajstić information content (AvgIpc) is 3.50. The van der Waals surface area contributed by atoms with Crippen molar-refractivity contribution in [3.05, 3.63) is 71.9 Å². The standard InChI is InChI=1S/C24H28N4O3/c1-18-6-3-4-8-21(18)28-17-19(15-25-28)16-27(2)23(30)10-12-24(11-9-22(29)26-24)14-20-7-5-13-31-20/h3-8,13,15,17H,9-12,14,16H2,1-2H3,(H,26,29)/t24-/m1/s1. The minimum absolute atomic E-state index is 0.0379. The molecular formula is C24H28N4O3. The Kier molecular flexibility index (Phi) is 5.93. The van der Waals surface area contributed by atoms with Gasteiger partial charge < -0.3 is 14.6 Å². The quantitative estimate of drug-likeness (QED) is 0.606. The summed E-state index contributed by atoms with van der Waals surface area (Å²) >= 11 is 0. The summed E-state index contributed by atoms with van der Waals surface area (Å²) in [5.41, 5.74) is 2.72. The van der Waals surface area contributed by atoms with E-state index in [9.17, 15) is 9.59 Å². The Morgan fingerprint density at radius 3 is 2.84 bits per heavy atom. The van der Waals surface area contributed by atoms with Crippen LogP contribution in [0.2, 0.25) is 0 Å². The summed E-state index contributed by atoms with van der Waals surface area (Å²) in [6, 6.07) is 11.8. The van der Waals surface area contributed by atoms with Gasteiger partial charge in [0.05, 0.1) is 18.1 Å². The van der Waals surface area contributed by atoms with Crippen LogP contribution in [0.1, 0.15) is 42.6 Å². The number of hydrogen-bond acceptors (Lipinski definition) is 4. The van der Waals surface area contributed by atoms with E-state index in [1.165, 1.54) is 0 Å². The predicted octanol–water partition coefficient (Wildman–Crippen LogP) is 3.40. The molecule has 2 aromatic heterocycles. The Labute approximate surface area is 182 Å². The number of aromatic nitrogens is 2. The number of para-hydroxylation sites is 1. The van der Waals surface area contributed by atoms with Gasteiger partial charge >= 0.3 is 0 Å². The van der Waals surface area contributed by atoms with Gasteiger partial charge in [-0.1, -0.05) is 18.2 Å². The lowest BCUT2D eigenvalue weighted by molar-refractivity contribution is -0.131. The van der Waals surface area contributed by atoms with E-state index in [0.29, 0.717) is 38.6 Å². The average molecular weight is 421 g/mol. The van der Waals surface area contributed by atoms with Gasteiger partial charge in [-0.3, -0.25) is 9.59 Å². The molecule has 1 aliphatic heterocycles. The minimum atomic E-state index is -0.416. The highest BCUT2D eigenvalue weighted by Crippen LogP contribution is 2.30. The molecule has 31 heavy (non-hydrogen) atoms. The molecule has 4 rings (SSSR count). The lowest BCUT2D eigenvalue weighted by Gasteiger charge is -2.29. The second-order valence-corrected chi connectivity index (χ2v) is 8.41. The summed E-state index contributed by atoms with van der Waals surface area (Å²) in [6.07, 6.45) is 8.15. The van der Waals surface area contributed by atoms with Gasteiger partial charge in [0.1, 0.15) is 5.76 Å². The Morgan fingerprint density at radius 1 is 1.29 bits per heavy atom. The van der Waals surface area contributed by atoms with Crippen LogP contribution >= 0.6 is 0 Å². The van der Waals surface area contributed by atoms with Gasteiger partial charge in [0.2, 0.25) is 11.8 Å². The fourth-order valence-corrected chi connectivity index (χ4v) is 4.22. The molecular weight excluding hydrogens is 392 g/mol. The van der Waals surface area contributed by atoms with Crippen LogP contribution in [0.5, 0.6) is 0 Å². The molecule has 7 heteroatoms. The Morgan fingerprint density at radius 2 is 2.13 bits per heavy atom. The Bertz CT molecular complexity index is 1060. The van der Waals surface area contributed by atoms with Crippen LogP contribution < -0.4 is 5.32 Å². The molecule has 1 fully saturated rings. The number of aryl methyl sites for hydroxylation is 1. The fraction of sp³-hybridized carbons (Fsp3) is 0.375. The Hall–Kier alpha value is -3.35. The predicted molar refractivity (Wildman–Crippen MR) is 117 cm³/mol. The third kappa shape index (κ3) is 4.87. The van der Waals surface area contributed by atoms with Gasteiger partial charge in [-0.25, -0.2) is 4.68 Å². The number of nitrogens with one attached hydrogen (secondary N) is 1. The van der Waals surface area contributed by atoms with Crippen LogP contribution in [0.3, 0.4) is 0 Å². The van der Waals surface area contributed by atoms with Gasteiger partial charge in [-0.2, -0.15) is 5.10 Å². The summed E-state index contributed by atoms with van der Waals surface area (Å²) in [4.78, 5) is 26.4. The van der Waals surface area contributed by atoms with Crippen molar-refractivity contribution in [2.24, 2.45) is 0 Å². The number of rotatable bonds is 8. The van der Waals surface area contributed by atoms with Crippen molar-refractivity contribution in [1.82, 2.24) is 20.0 Å². The molecule has 0 spiro atoms. The number of hydrogen-bond donors (Lipinski definition) is 1. The van der Waals surface area contributed by atoms with Crippen LogP contribution in [0.25, 0.3) is 5.69 Å². The third-order valence-electron chi connectivity index (χ3n) is 5.99. The number of amides is 2. The maximum Gasteiger partial charge on any atom is 0.222 e. The first-order chi connectivity index (χ1) is 14.9. The molecule has 3 aromatic rings. The second kappa shape index (κ2) is 8.79. The molecule has 3 heterocycles. The monoisotopic (exact) mass is 420 g/mol. The molecule has 0 bridgehead atoms. The number of furan rings is 1. The molecule has 0 unspecified atom stereocenters. The van der Waals surface area contributed by atoms with Crippen LogP contribution in [-0.4, -0.2) is 39.1 Å². The molecule has 0 radical (unpaired) electrons. The number of benzene rings is 1. The topological polar surface area (TPSA) is 80.4 Å². The molecule has 1 atom stereocenters. The third-order valence-corrected chi connectivity index (χ3v) is 5.99. The van der Waals surface area contributed by atoms with Crippen LogP contribution in [0.4, 0.5) is 0 Å². The molecule has 2 amide bonds. The summed E-state index contributed by atoms with van der Waals surface area (Å²) in [7, 11) is 1.81. The first-order valence-corrected chi connectivity index (χ1v) is 10.6. The van der Waals surface area contributed by atoms with Crippen molar-refractivity contribution in [3.63, 3.8) is 0 Å². The minimum Gasteiger partial charge on any atom is -0.469 e. The van der Waals surface area contributed by atoms with E-state index in [0.717, 1.165) is 22.6 Å². The SMILES string of the molecule is Cc1ccccc1-n1cc(CN(C)C(=O)CC[C@@]2(Cc3ccco3)CCC(=O)N2)cn1. The van der Waals surface area contributed by atoms with Crippen molar-refractivity contribution in [3.8, 4) is 5.69 Å². The largest absolute Gasteiger partial charge is 0.469 e. The summed E-state index contributed by atoms with van der Waals surface area (Å²) in [5.74, 6) is 0.909. The van der Waals surface area contributed by atoms with E-state index < -0.39 is 5.54 Å². The zero-order chi connectivity index (χ0) is 21.8. The van der Waals surface area contributed by atoms with Gasteiger partial charge in [-0.15, -0.1) is 0 Å². The van der Waals surface area contributed by atoms with Crippen molar-refractivity contribution in [2.75, 3.05) is 7.05 Å². The van der Waals surface area contributed by atoms with E-state index >= 15 is 0 Å². The van der Waals surface area contributed by atoms with Gasteiger partial charge in [0, 0.05) is 50.2 Å². The smallest absolute Gasteiger partial charge is 0.222 e. The number of carbonyl (C=O) groups is 2. The maximum absolute atomic E-state index is 12.8. The van der Waals surface area contributed by atoms with Crippen LogP contribution in [0.15, 0.2) is 59.5 Å². The van der Waals surface area contributed by atoms with Crippen LogP contribution in [-0.2, 0) is 22.6 Å². The van der Waals surface area contributed by atoms with Gasteiger partial charge in [0.15, 0.2) is 0 Å². The molecule has 1 aromatic carbocycles. The van der Waals surface area contributed by atoms with Crippen molar-refractivity contribution in [1.29, 1.82) is 0 Å². The Balaban J connectivity index is 1.36. The highest BCUT2D eigenvalue weighted by atomic mass is 16.3. The zero-order valence-electron chi connectivity index (χ0n) is 18.0. The lowest BCUT2D eigenvalue weighted by Crippen LogP contribution is -2.44. The molecule has 7 nitrogen and oxygen atoms in total. The normalized spacial score (nSPS) is 18.2. The molecule has 1 aliphatic rings. The maximum atomic E-state index is 12.8. The molecule has 0 saturated carbocycles. The van der Waals surface area contributed by atoms with Gasteiger partial charge in [-0.05, 0) is 43.5 Å². The highest BCUT2D eigenvalue weighted by molar-refractivity contribution is 5.80. The van der Waals surface area contributed by atoms with E-state index in [4.69, 9.17) is 4.42 Å². The zero-order valence-corrected chi connectivity index (χ0v) is 18.0. The molecule has 162 valence electrons. The van der Waals surface area contributed by atoms with Crippen molar-refractivity contribution < 1.29 is 14.0 Å². The molecule has 1 saturated heterocycles. The first kappa shape index (κ1) is 20.9. The summed E-state index contributed by atoms with van der Waals surface area (Å²) < 4.78 is 7.32. The van der Waals surface area contributed by atoms with E-state index in [1.807, 2.05) is 54.2 Å². The van der Waals surface area contributed by atoms with E-state index in [-0.39, 0.29) is 11.8 Å². The van der Waals surface area contributed by atoms with Crippen molar-refractivity contribution >= 4 is 11.8 Å². The molecule has 1 N–H and O–H groups in total. The number of carbonyl (C=O) groups excluding carboxylic acids is 2. The highest BCUT2D eigenvalue weighted by Gasteiger charge is 2.38. The summed E-state index contributed by atoms with van der Waals surface area (Å²) in [6.45, 7) is 2.54. The van der Waals surface area contributed by atoms with E-state index in [1.54, 1.807) is 24.4 Å². The summed E-state index contributed by atoms with van der Waals surface area (Å²) in [5, 5.41) is 7.54. The first-order valence-electron chi connectivity index (χ1n) is 10.6. The number of nitrogens with zero attached hydrogens (tertiary/aromatic N) is 3. The van der Waals surface area contributed by atoms with E-state index in [2.05, 4.69) is 10.4 Å². The van der Waals surface area contributed by atoms with Gasteiger partial charge in [0.25, 0.3) is 0 Å². The van der Waals surface area contributed by atoms with Crippen LogP contribution in [0, 0.1) is 6.92 Å². The second-order valence-electron chi connectivity index (χ2n) is 8.41. The lowest BCUT2D eigenvalue weighted by atomic mass is 9.87. The molecule has 0 aliphatic carbocycles.